The van der Waals surface area contributed by atoms with Gasteiger partial charge in [0.2, 0.25) is 0 Å². The van der Waals surface area contributed by atoms with E-state index in [1.54, 1.807) is 19.1 Å². The molecule has 1 aliphatic heterocycles. The van der Waals surface area contributed by atoms with E-state index in [0.717, 1.165) is 25.9 Å². The van der Waals surface area contributed by atoms with Crippen LogP contribution in [0.5, 0.6) is 0 Å². The van der Waals surface area contributed by atoms with Crippen molar-refractivity contribution in [1.29, 1.82) is 0 Å². The van der Waals surface area contributed by atoms with Crippen LogP contribution in [0.3, 0.4) is 0 Å². The molecule has 27 heavy (non-hydrogen) atoms. The molecule has 144 valence electrons. The van der Waals surface area contributed by atoms with Gasteiger partial charge in [-0.2, -0.15) is 0 Å². The third kappa shape index (κ3) is 3.32. The SMILES string of the molecule is CCOC(=O)C(=O)Nc1cc2c(cc1N1CCCC1)n(C)c(=O)c(=O)n2C. The van der Waals surface area contributed by atoms with E-state index in [-0.39, 0.29) is 6.61 Å². The van der Waals surface area contributed by atoms with Crippen molar-refractivity contribution in [2.45, 2.75) is 19.8 Å². The van der Waals surface area contributed by atoms with Gasteiger partial charge in [0.15, 0.2) is 0 Å². The molecule has 0 atom stereocenters. The zero-order valence-corrected chi connectivity index (χ0v) is 15.6. The van der Waals surface area contributed by atoms with E-state index in [1.165, 1.54) is 23.2 Å². The number of carbonyl (C=O) groups excluding carboxylic acids is 2. The highest BCUT2D eigenvalue weighted by molar-refractivity contribution is 6.37. The van der Waals surface area contributed by atoms with Crippen molar-refractivity contribution in [3.8, 4) is 0 Å². The smallest absolute Gasteiger partial charge is 0.397 e. The second-order valence-corrected chi connectivity index (χ2v) is 6.46. The minimum absolute atomic E-state index is 0.0968. The van der Waals surface area contributed by atoms with Crippen molar-refractivity contribution in [2.24, 2.45) is 14.1 Å². The van der Waals surface area contributed by atoms with E-state index in [9.17, 15) is 19.2 Å². The summed E-state index contributed by atoms with van der Waals surface area (Å²) in [6, 6.07) is 3.38. The monoisotopic (exact) mass is 374 g/mol. The molecule has 0 unspecified atom stereocenters. The molecule has 3 rings (SSSR count). The topological polar surface area (TPSA) is 103 Å². The Bertz CT molecular complexity index is 1030. The molecule has 1 aromatic carbocycles. The quantitative estimate of drug-likeness (QED) is 0.614. The normalized spacial score (nSPS) is 13.8. The van der Waals surface area contributed by atoms with Crippen molar-refractivity contribution in [3.05, 3.63) is 32.8 Å². The van der Waals surface area contributed by atoms with Gasteiger partial charge in [-0.1, -0.05) is 0 Å². The highest BCUT2D eigenvalue weighted by Crippen LogP contribution is 2.32. The summed E-state index contributed by atoms with van der Waals surface area (Å²) in [4.78, 5) is 50.2. The maximum Gasteiger partial charge on any atom is 0.397 e. The van der Waals surface area contributed by atoms with Crippen molar-refractivity contribution in [1.82, 2.24) is 9.13 Å². The number of amides is 1. The molecule has 1 N–H and O–H groups in total. The summed E-state index contributed by atoms with van der Waals surface area (Å²) < 4.78 is 7.28. The predicted octanol–water partition coefficient (Wildman–Crippen LogP) is 0.339. The van der Waals surface area contributed by atoms with Crippen LogP contribution in [0.25, 0.3) is 11.0 Å². The summed E-state index contributed by atoms with van der Waals surface area (Å²) in [7, 11) is 3.04. The molecule has 0 saturated carbocycles. The third-order valence-electron chi connectivity index (χ3n) is 4.76. The minimum Gasteiger partial charge on any atom is -0.459 e. The maximum absolute atomic E-state index is 12.2. The van der Waals surface area contributed by atoms with Crippen LogP contribution < -0.4 is 21.3 Å². The molecule has 1 aliphatic rings. The Kier molecular flexibility index (Phi) is 5.02. The first kappa shape index (κ1) is 18.7. The second kappa shape index (κ2) is 7.26. The second-order valence-electron chi connectivity index (χ2n) is 6.46. The maximum atomic E-state index is 12.2. The van der Waals surface area contributed by atoms with Crippen LogP contribution in [0, 0.1) is 0 Å². The van der Waals surface area contributed by atoms with Crippen LogP contribution >= 0.6 is 0 Å². The first-order valence-corrected chi connectivity index (χ1v) is 8.82. The first-order chi connectivity index (χ1) is 12.8. The standard InChI is InChI=1S/C18H22N4O5/c1-4-27-18(26)15(23)19-11-9-13-14(10-12(11)22-7-5-6-8-22)21(3)17(25)16(24)20(13)2/h9-10H,4-8H2,1-3H3,(H,19,23). The lowest BCUT2D eigenvalue weighted by molar-refractivity contribution is -0.152. The van der Waals surface area contributed by atoms with Gasteiger partial charge in [0, 0.05) is 27.2 Å². The van der Waals surface area contributed by atoms with Crippen LogP contribution in [0.15, 0.2) is 21.7 Å². The molecular weight excluding hydrogens is 352 g/mol. The number of carbonyl (C=O) groups is 2. The largest absolute Gasteiger partial charge is 0.459 e. The Labute approximate surface area is 155 Å². The van der Waals surface area contributed by atoms with E-state index >= 15 is 0 Å². The number of nitrogens with zero attached hydrogens (tertiary/aromatic N) is 3. The number of aryl methyl sites for hydroxylation is 2. The number of ether oxygens (including phenoxy) is 1. The summed E-state index contributed by atoms with van der Waals surface area (Å²) in [5.41, 5.74) is 0.854. The Morgan fingerprint density at radius 1 is 1.04 bits per heavy atom. The van der Waals surface area contributed by atoms with E-state index in [4.69, 9.17) is 4.74 Å². The molecule has 0 bridgehead atoms. The molecule has 9 heteroatoms. The molecular formula is C18H22N4O5. The van der Waals surface area contributed by atoms with Gasteiger partial charge in [-0.15, -0.1) is 0 Å². The van der Waals surface area contributed by atoms with Gasteiger partial charge in [-0.3, -0.25) is 14.4 Å². The Morgan fingerprint density at radius 2 is 1.59 bits per heavy atom. The summed E-state index contributed by atoms with van der Waals surface area (Å²) in [6.07, 6.45) is 2.02. The predicted molar refractivity (Wildman–Crippen MR) is 101 cm³/mol. The number of fused-ring (bicyclic) bond motifs is 1. The van der Waals surface area contributed by atoms with Crippen LogP contribution in [-0.4, -0.2) is 40.7 Å². The molecule has 1 amide bonds. The minimum atomic E-state index is -0.973. The van der Waals surface area contributed by atoms with Crippen LogP contribution in [0.4, 0.5) is 11.4 Å². The number of hydrogen-bond acceptors (Lipinski definition) is 6. The van der Waals surface area contributed by atoms with Crippen molar-refractivity contribution in [3.63, 3.8) is 0 Å². The molecule has 0 aliphatic carbocycles. The highest BCUT2D eigenvalue weighted by Gasteiger charge is 2.22. The number of rotatable bonds is 3. The number of aromatic nitrogens is 2. The summed E-state index contributed by atoms with van der Waals surface area (Å²) >= 11 is 0. The van der Waals surface area contributed by atoms with E-state index in [0.29, 0.717) is 22.4 Å². The van der Waals surface area contributed by atoms with E-state index in [2.05, 4.69) is 10.2 Å². The van der Waals surface area contributed by atoms with Crippen molar-refractivity contribution >= 4 is 34.3 Å². The lowest BCUT2D eigenvalue weighted by atomic mass is 10.2. The molecule has 1 aromatic heterocycles. The lowest BCUT2D eigenvalue weighted by Crippen LogP contribution is -2.39. The Balaban J connectivity index is 2.19. The summed E-state index contributed by atoms with van der Waals surface area (Å²) in [5.74, 6) is -1.86. The molecule has 2 aromatic rings. The highest BCUT2D eigenvalue weighted by atomic mass is 16.5. The first-order valence-electron chi connectivity index (χ1n) is 8.82. The van der Waals surface area contributed by atoms with Gasteiger partial charge in [-0.25, -0.2) is 4.79 Å². The van der Waals surface area contributed by atoms with Gasteiger partial charge >= 0.3 is 23.0 Å². The lowest BCUT2D eigenvalue weighted by Gasteiger charge is -2.23. The number of benzene rings is 1. The van der Waals surface area contributed by atoms with Gasteiger partial charge in [-0.05, 0) is 31.9 Å². The van der Waals surface area contributed by atoms with Gasteiger partial charge in [0.05, 0.1) is 29.0 Å². The van der Waals surface area contributed by atoms with Crippen molar-refractivity contribution < 1.29 is 14.3 Å². The van der Waals surface area contributed by atoms with E-state index < -0.39 is 23.0 Å². The number of hydrogen-bond donors (Lipinski definition) is 1. The van der Waals surface area contributed by atoms with Crippen molar-refractivity contribution in [2.75, 3.05) is 29.9 Å². The zero-order valence-electron chi connectivity index (χ0n) is 15.6. The fraction of sp³-hybridized carbons (Fsp3) is 0.444. The van der Waals surface area contributed by atoms with Crippen LogP contribution in [0.2, 0.25) is 0 Å². The number of nitrogens with one attached hydrogen (secondary N) is 1. The van der Waals surface area contributed by atoms with Gasteiger partial charge in [0.25, 0.3) is 0 Å². The average Bonchev–Trinajstić information content (AvgIpc) is 3.19. The number of anilines is 2. The number of esters is 1. The molecule has 0 spiro atoms. The molecule has 2 heterocycles. The third-order valence-corrected chi connectivity index (χ3v) is 4.76. The summed E-state index contributed by atoms with van der Waals surface area (Å²) in [5, 5.41) is 2.59. The molecule has 1 fully saturated rings. The Hall–Kier alpha value is -3.10. The summed E-state index contributed by atoms with van der Waals surface area (Å²) in [6.45, 7) is 3.31. The Morgan fingerprint density at radius 3 is 2.15 bits per heavy atom. The molecule has 0 radical (unpaired) electrons. The van der Waals surface area contributed by atoms with E-state index in [1.807, 2.05) is 0 Å². The van der Waals surface area contributed by atoms with Crippen LogP contribution in [-0.2, 0) is 28.4 Å². The average molecular weight is 374 g/mol. The van der Waals surface area contributed by atoms with Gasteiger partial charge < -0.3 is 24.1 Å². The zero-order chi connectivity index (χ0) is 19.7. The van der Waals surface area contributed by atoms with Crippen LogP contribution in [0.1, 0.15) is 19.8 Å². The fourth-order valence-electron chi connectivity index (χ4n) is 3.30. The molecule has 1 saturated heterocycles. The fourth-order valence-corrected chi connectivity index (χ4v) is 3.30. The van der Waals surface area contributed by atoms with Gasteiger partial charge in [0.1, 0.15) is 0 Å². The molecule has 9 nitrogen and oxygen atoms in total.